The van der Waals surface area contributed by atoms with Crippen LogP contribution in [-0.4, -0.2) is 83.1 Å². The SMILES string of the molecule is O=C(c1cc2cc(Nc3nccc(C4=CC=CCN4)n3)ccc2[nH]1)N1CCCC(CN2CCOCC2)C1. The van der Waals surface area contributed by atoms with Gasteiger partial charge in [0.2, 0.25) is 5.95 Å². The number of H-pyrrole nitrogens is 1. The van der Waals surface area contributed by atoms with Gasteiger partial charge in [0, 0.05) is 62.1 Å². The molecule has 3 N–H and O–H groups in total. The number of nitrogens with zero attached hydrogens (tertiary/aromatic N) is 4. The van der Waals surface area contributed by atoms with Crippen LogP contribution in [0, 0.1) is 5.92 Å². The molecular formula is C28H33N7O2. The van der Waals surface area contributed by atoms with Crippen molar-refractivity contribution in [2.75, 3.05) is 57.8 Å². The molecule has 1 unspecified atom stereocenters. The lowest BCUT2D eigenvalue weighted by atomic mass is 9.97. The molecule has 0 spiro atoms. The van der Waals surface area contributed by atoms with Gasteiger partial charge in [0.15, 0.2) is 0 Å². The summed E-state index contributed by atoms with van der Waals surface area (Å²) in [6.45, 7) is 7.06. The Bertz CT molecular complexity index is 1330. The summed E-state index contributed by atoms with van der Waals surface area (Å²) in [5.74, 6) is 1.12. The van der Waals surface area contributed by atoms with E-state index < -0.39 is 0 Å². The first kappa shape index (κ1) is 23.7. The summed E-state index contributed by atoms with van der Waals surface area (Å²) in [7, 11) is 0. The summed E-state index contributed by atoms with van der Waals surface area (Å²) >= 11 is 0. The zero-order valence-corrected chi connectivity index (χ0v) is 20.9. The van der Waals surface area contributed by atoms with Gasteiger partial charge in [-0.15, -0.1) is 0 Å². The van der Waals surface area contributed by atoms with Gasteiger partial charge in [-0.2, -0.15) is 0 Å². The van der Waals surface area contributed by atoms with Crippen LogP contribution in [0.3, 0.4) is 0 Å². The molecule has 5 heterocycles. The Kier molecular flexibility index (Phi) is 6.88. The maximum Gasteiger partial charge on any atom is 0.270 e. The largest absolute Gasteiger partial charge is 0.380 e. The summed E-state index contributed by atoms with van der Waals surface area (Å²) in [4.78, 5) is 30.2. The number of carbonyl (C=O) groups excluding carboxylic acids is 1. The normalized spacial score (nSPS) is 20.5. The van der Waals surface area contributed by atoms with E-state index in [0.29, 0.717) is 17.6 Å². The molecule has 2 saturated heterocycles. The predicted molar refractivity (Wildman–Crippen MR) is 145 cm³/mol. The fourth-order valence-corrected chi connectivity index (χ4v) is 5.38. The van der Waals surface area contributed by atoms with Gasteiger partial charge < -0.3 is 25.3 Å². The number of amides is 1. The molecule has 2 fully saturated rings. The Labute approximate surface area is 216 Å². The maximum atomic E-state index is 13.4. The van der Waals surface area contributed by atoms with Crippen LogP contribution in [-0.2, 0) is 4.74 Å². The van der Waals surface area contributed by atoms with Crippen molar-refractivity contribution >= 4 is 34.1 Å². The Morgan fingerprint density at radius 2 is 2.08 bits per heavy atom. The average Bonchev–Trinajstić information content (AvgIpc) is 3.37. The number of anilines is 2. The first-order chi connectivity index (χ1) is 18.2. The molecular weight excluding hydrogens is 466 g/mol. The number of rotatable bonds is 6. The zero-order chi connectivity index (χ0) is 25.0. The minimum atomic E-state index is 0.0794. The van der Waals surface area contributed by atoms with Crippen molar-refractivity contribution in [1.29, 1.82) is 0 Å². The Morgan fingerprint density at radius 1 is 1.16 bits per heavy atom. The third-order valence-corrected chi connectivity index (χ3v) is 7.27. The number of nitrogens with one attached hydrogen (secondary N) is 3. The number of aromatic nitrogens is 3. The second-order valence-corrected chi connectivity index (χ2v) is 9.94. The number of piperidine rings is 1. The van der Waals surface area contributed by atoms with Crippen molar-refractivity contribution in [3.05, 3.63) is 66.1 Å². The van der Waals surface area contributed by atoms with E-state index in [1.807, 2.05) is 47.4 Å². The summed E-state index contributed by atoms with van der Waals surface area (Å²) < 4.78 is 5.48. The van der Waals surface area contributed by atoms with Gasteiger partial charge in [-0.05, 0) is 55.2 Å². The van der Waals surface area contributed by atoms with E-state index in [2.05, 4.69) is 36.6 Å². The van der Waals surface area contributed by atoms with Crippen molar-refractivity contribution < 1.29 is 9.53 Å². The van der Waals surface area contributed by atoms with Crippen LogP contribution in [0.4, 0.5) is 11.6 Å². The molecule has 1 atom stereocenters. The van der Waals surface area contributed by atoms with E-state index in [4.69, 9.17) is 4.74 Å². The van der Waals surface area contributed by atoms with Gasteiger partial charge >= 0.3 is 0 Å². The third kappa shape index (κ3) is 5.52. The fourth-order valence-electron chi connectivity index (χ4n) is 5.38. The van der Waals surface area contributed by atoms with Gasteiger partial charge in [-0.1, -0.05) is 12.2 Å². The van der Waals surface area contributed by atoms with Crippen molar-refractivity contribution in [1.82, 2.24) is 30.1 Å². The molecule has 0 aliphatic carbocycles. The minimum Gasteiger partial charge on any atom is -0.380 e. The first-order valence-corrected chi connectivity index (χ1v) is 13.1. The second kappa shape index (κ2) is 10.7. The highest BCUT2D eigenvalue weighted by atomic mass is 16.5. The van der Waals surface area contributed by atoms with E-state index in [1.165, 1.54) is 6.42 Å². The van der Waals surface area contributed by atoms with Gasteiger partial charge in [-0.25, -0.2) is 9.97 Å². The summed E-state index contributed by atoms with van der Waals surface area (Å²) in [5.41, 5.74) is 4.26. The van der Waals surface area contributed by atoms with Crippen LogP contribution < -0.4 is 10.6 Å². The Balaban J connectivity index is 1.13. The van der Waals surface area contributed by atoms with E-state index in [0.717, 1.165) is 86.9 Å². The number of allylic oxidation sites excluding steroid dienone is 2. The van der Waals surface area contributed by atoms with E-state index >= 15 is 0 Å². The van der Waals surface area contributed by atoms with Crippen LogP contribution in [0.2, 0.25) is 0 Å². The number of fused-ring (bicyclic) bond motifs is 1. The quantitative estimate of drug-likeness (QED) is 0.478. The molecule has 37 heavy (non-hydrogen) atoms. The van der Waals surface area contributed by atoms with Crippen molar-refractivity contribution in [3.8, 4) is 0 Å². The molecule has 3 aliphatic heterocycles. The topological polar surface area (TPSA) is 98.4 Å². The molecule has 1 amide bonds. The number of dihydropyridines is 1. The minimum absolute atomic E-state index is 0.0794. The number of morpholine rings is 1. The summed E-state index contributed by atoms with van der Waals surface area (Å²) in [5, 5.41) is 7.61. The van der Waals surface area contributed by atoms with Crippen LogP contribution in [0.1, 0.15) is 29.0 Å². The van der Waals surface area contributed by atoms with Crippen LogP contribution in [0.5, 0.6) is 0 Å². The molecule has 1 aromatic carbocycles. The van der Waals surface area contributed by atoms with Gasteiger partial charge in [-0.3, -0.25) is 9.69 Å². The fraction of sp³-hybridized carbons (Fsp3) is 0.393. The number of hydrogen-bond acceptors (Lipinski definition) is 7. The smallest absolute Gasteiger partial charge is 0.270 e. The highest BCUT2D eigenvalue weighted by molar-refractivity contribution is 5.98. The molecule has 3 aliphatic rings. The zero-order valence-electron chi connectivity index (χ0n) is 20.9. The molecule has 9 heteroatoms. The lowest BCUT2D eigenvalue weighted by molar-refractivity contribution is 0.0223. The molecule has 9 nitrogen and oxygen atoms in total. The Morgan fingerprint density at radius 3 is 2.95 bits per heavy atom. The summed E-state index contributed by atoms with van der Waals surface area (Å²) in [6.07, 6.45) is 10.1. The van der Waals surface area contributed by atoms with E-state index in [1.54, 1.807) is 6.20 Å². The number of likely N-dealkylation sites (tertiary alicyclic amines) is 1. The maximum absolute atomic E-state index is 13.4. The van der Waals surface area contributed by atoms with Crippen LogP contribution in [0.25, 0.3) is 16.6 Å². The van der Waals surface area contributed by atoms with Gasteiger partial charge in [0.1, 0.15) is 5.69 Å². The highest BCUT2D eigenvalue weighted by Crippen LogP contribution is 2.25. The number of carbonyl (C=O) groups is 1. The number of ether oxygens (including phenoxy) is 1. The third-order valence-electron chi connectivity index (χ3n) is 7.27. The van der Waals surface area contributed by atoms with E-state index in [9.17, 15) is 4.79 Å². The molecule has 6 rings (SSSR count). The van der Waals surface area contributed by atoms with Gasteiger partial charge in [0.05, 0.1) is 24.6 Å². The lowest BCUT2D eigenvalue weighted by Crippen LogP contribution is -2.46. The molecule has 3 aromatic rings. The number of aromatic amines is 1. The average molecular weight is 500 g/mol. The first-order valence-electron chi connectivity index (χ1n) is 13.1. The van der Waals surface area contributed by atoms with Crippen LogP contribution in [0.15, 0.2) is 54.8 Å². The van der Waals surface area contributed by atoms with Gasteiger partial charge in [0.25, 0.3) is 5.91 Å². The Hall–Kier alpha value is -3.69. The van der Waals surface area contributed by atoms with Crippen LogP contribution >= 0.6 is 0 Å². The predicted octanol–water partition coefficient (Wildman–Crippen LogP) is 3.39. The van der Waals surface area contributed by atoms with Crippen molar-refractivity contribution in [2.24, 2.45) is 5.92 Å². The van der Waals surface area contributed by atoms with Crippen molar-refractivity contribution in [2.45, 2.75) is 12.8 Å². The molecule has 0 radical (unpaired) electrons. The highest BCUT2D eigenvalue weighted by Gasteiger charge is 2.27. The van der Waals surface area contributed by atoms with E-state index in [-0.39, 0.29) is 5.91 Å². The number of benzene rings is 1. The molecule has 0 bridgehead atoms. The molecule has 192 valence electrons. The van der Waals surface area contributed by atoms with Crippen molar-refractivity contribution in [3.63, 3.8) is 0 Å². The second-order valence-electron chi connectivity index (χ2n) is 9.94. The monoisotopic (exact) mass is 499 g/mol. The summed E-state index contributed by atoms with van der Waals surface area (Å²) in [6, 6.07) is 9.84. The lowest BCUT2D eigenvalue weighted by Gasteiger charge is -2.36. The standard InChI is InChI=1S/C28H33N7O2/c36-27(35-11-3-4-20(19-35)18-34-12-14-37-15-13-34)26-17-21-16-22(6-7-23(21)32-26)31-28-30-10-8-25(33-28)24-5-1-2-9-29-24/h1-2,5-8,10,16-17,20,29,32H,3-4,9,11-15,18-19H2,(H,30,31,33). The number of hydrogen-bond donors (Lipinski definition) is 3. The molecule has 0 saturated carbocycles. The molecule has 2 aromatic heterocycles.